The van der Waals surface area contributed by atoms with Gasteiger partial charge in [0.25, 0.3) is 0 Å². The third-order valence-corrected chi connectivity index (χ3v) is 5.11. The highest BCUT2D eigenvalue weighted by Crippen LogP contribution is 2.45. The Bertz CT molecular complexity index is 483. The molecule has 96 valence electrons. The molecule has 1 heterocycles. The van der Waals surface area contributed by atoms with Crippen LogP contribution in [0.4, 0.5) is 5.69 Å². The van der Waals surface area contributed by atoms with Crippen molar-refractivity contribution in [2.45, 2.75) is 29.6 Å². The van der Waals surface area contributed by atoms with Gasteiger partial charge in [-0.1, -0.05) is 12.5 Å². The molecule has 3 rings (SSSR count). The van der Waals surface area contributed by atoms with Gasteiger partial charge in [-0.3, -0.25) is 4.79 Å². The Hall–Kier alpha value is -1.00. The molecule has 0 spiro atoms. The fourth-order valence-corrected chi connectivity index (χ4v) is 3.76. The molecular formula is C14H18N2OS. The van der Waals surface area contributed by atoms with Gasteiger partial charge in [0.15, 0.2) is 0 Å². The van der Waals surface area contributed by atoms with Crippen LogP contribution in [0.15, 0.2) is 23.1 Å². The molecule has 1 aliphatic carbocycles. The van der Waals surface area contributed by atoms with Crippen molar-refractivity contribution in [2.75, 3.05) is 24.7 Å². The Kier molecular flexibility index (Phi) is 3.08. The van der Waals surface area contributed by atoms with Gasteiger partial charge in [0.2, 0.25) is 5.91 Å². The summed E-state index contributed by atoms with van der Waals surface area (Å²) in [6.07, 6.45) is 3.86. The lowest BCUT2D eigenvalue weighted by Gasteiger charge is -2.43. The first-order valence-electron chi connectivity index (χ1n) is 6.45. The highest BCUT2D eigenvalue weighted by Gasteiger charge is 2.38. The molecular weight excluding hydrogens is 244 g/mol. The molecule has 1 aromatic rings. The molecule has 0 saturated heterocycles. The van der Waals surface area contributed by atoms with E-state index in [9.17, 15) is 4.79 Å². The molecule has 0 radical (unpaired) electrons. The number of carbonyl (C=O) groups excluding carboxylic acids is 1. The number of fused-ring (bicyclic) bond motifs is 1. The maximum Gasteiger partial charge on any atom is 0.234 e. The number of amides is 1. The second-order valence-corrected chi connectivity index (χ2v) is 6.23. The lowest BCUT2D eigenvalue weighted by Crippen LogP contribution is -2.42. The Labute approximate surface area is 112 Å². The maximum absolute atomic E-state index is 11.3. The minimum Gasteiger partial charge on any atom is -0.324 e. The molecule has 0 atom stereocenters. The minimum absolute atomic E-state index is 0.105. The van der Waals surface area contributed by atoms with E-state index in [1.165, 1.54) is 29.7 Å². The second-order valence-electron chi connectivity index (χ2n) is 5.21. The summed E-state index contributed by atoms with van der Waals surface area (Å²) >= 11 is 1.65. The first-order chi connectivity index (χ1) is 8.73. The highest BCUT2D eigenvalue weighted by atomic mass is 32.2. The fourth-order valence-electron chi connectivity index (χ4n) is 2.91. The molecule has 1 aliphatic heterocycles. The summed E-state index contributed by atoms with van der Waals surface area (Å²) in [4.78, 5) is 12.6. The summed E-state index contributed by atoms with van der Waals surface area (Å²) in [7, 11) is 2.02. The van der Waals surface area contributed by atoms with Crippen LogP contribution in [0.5, 0.6) is 0 Å². The van der Waals surface area contributed by atoms with E-state index >= 15 is 0 Å². The zero-order valence-electron chi connectivity index (χ0n) is 10.6. The van der Waals surface area contributed by atoms with Gasteiger partial charge in [-0.2, -0.15) is 0 Å². The largest absolute Gasteiger partial charge is 0.324 e. The van der Waals surface area contributed by atoms with Crippen LogP contribution in [-0.2, 0) is 10.2 Å². The number of hydrogen-bond acceptors (Lipinski definition) is 3. The van der Waals surface area contributed by atoms with Crippen molar-refractivity contribution >= 4 is 23.4 Å². The Morgan fingerprint density at radius 1 is 1.44 bits per heavy atom. The van der Waals surface area contributed by atoms with Crippen LogP contribution in [0.3, 0.4) is 0 Å². The van der Waals surface area contributed by atoms with Crippen molar-refractivity contribution in [1.82, 2.24) is 5.32 Å². The molecule has 2 N–H and O–H groups in total. The number of anilines is 1. The molecule has 2 aliphatic rings. The number of likely N-dealkylation sites (N-methyl/N-ethyl adjacent to an activating group) is 1. The van der Waals surface area contributed by atoms with Gasteiger partial charge in [-0.15, -0.1) is 11.8 Å². The standard InChI is InChI=1S/C14H18N2OS/c1-15-9-14(5-2-6-14)10-3-4-11-12(7-10)18-8-13(17)16-11/h3-4,7,15H,2,5-6,8-9H2,1H3,(H,16,17). The lowest BCUT2D eigenvalue weighted by molar-refractivity contribution is -0.113. The molecule has 3 nitrogen and oxygen atoms in total. The molecule has 4 heteroatoms. The van der Waals surface area contributed by atoms with E-state index in [4.69, 9.17) is 0 Å². The van der Waals surface area contributed by atoms with Gasteiger partial charge in [-0.25, -0.2) is 0 Å². The Morgan fingerprint density at radius 2 is 2.28 bits per heavy atom. The van der Waals surface area contributed by atoms with Crippen molar-refractivity contribution in [3.05, 3.63) is 23.8 Å². The highest BCUT2D eigenvalue weighted by molar-refractivity contribution is 8.00. The van der Waals surface area contributed by atoms with E-state index in [-0.39, 0.29) is 5.91 Å². The monoisotopic (exact) mass is 262 g/mol. The van der Waals surface area contributed by atoms with Crippen molar-refractivity contribution in [2.24, 2.45) is 0 Å². The first kappa shape index (κ1) is 12.1. The molecule has 1 fully saturated rings. The van der Waals surface area contributed by atoms with E-state index in [0.29, 0.717) is 11.2 Å². The van der Waals surface area contributed by atoms with Gasteiger partial charge in [-0.05, 0) is 37.6 Å². The zero-order chi connectivity index (χ0) is 12.6. The fraction of sp³-hybridized carbons (Fsp3) is 0.500. The predicted octanol–water partition coefficient (Wildman–Crippen LogP) is 2.37. The van der Waals surface area contributed by atoms with Crippen LogP contribution >= 0.6 is 11.8 Å². The smallest absolute Gasteiger partial charge is 0.234 e. The SMILES string of the molecule is CNCC1(c2ccc3c(c2)SCC(=O)N3)CCC1. The average molecular weight is 262 g/mol. The normalized spacial score (nSPS) is 20.8. The second kappa shape index (κ2) is 4.59. The number of carbonyl (C=O) groups is 1. The van der Waals surface area contributed by atoms with Crippen molar-refractivity contribution in [3.63, 3.8) is 0 Å². The summed E-state index contributed by atoms with van der Waals surface area (Å²) < 4.78 is 0. The van der Waals surface area contributed by atoms with Crippen LogP contribution in [0.2, 0.25) is 0 Å². The number of hydrogen-bond donors (Lipinski definition) is 2. The van der Waals surface area contributed by atoms with Crippen molar-refractivity contribution in [3.8, 4) is 0 Å². The van der Waals surface area contributed by atoms with E-state index in [2.05, 4.69) is 28.8 Å². The number of benzene rings is 1. The maximum atomic E-state index is 11.3. The van der Waals surface area contributed by atoms with Gasteiger partial charge in [0.05, 0.1) is 11.4 Å². The van der Waals surface area contributed by atoms with Crippen LogP contribution in [0.1, 0.15) is 24.8 Å². The van der Waals surface area contributed by atoms with Crippen LogP contribution in [0, 0.1) is 0 Å². The van der Waals surface area contributed by atoms with E-state index in [1.54, 1.807) is 11.8 Å². The minimum atomic E-state index is 0.105. The summed E-state index contributed by atoms with van der Waals surface area (Å²) in [5, 5.41) is 6.25. The van der Waals surface area contributed by atoms with E-state index in [1.807, 2.05) is 7.05 Å². The predicted molar refractivity (Wildman–Crippen MR) is 75.3 cm³/mol. The summed E-state index contributed by atoms with van der Waals surface area (Å²) in [6.45, 7) is 1.04. The molecule has 1 aromatic carbocycles. The van der Waals surface area contributed by atoms with Gasteiger partial charge in [0, 0.05) is 16.9 Å². The van der Waals surface area contributed by atoms with Crippen LogP contribution < -0.4 is 10.6 Å². The van der Waals surface area contributed by atoms with Crippen LogP contribution in [-0.4, -0.2) is 25.3 Å². The third-order valence-electron chi connectivity index (χ3n) is 4.05. The van der Waals surface area contributed by atoms with E-state index < -0.39 is 0 Å². The topological polar surface area (TPSA) is 41.1 Å². The van der Waals surface area contributed by atoms with Gasteiger partial charge >= 0.3 is 0 Å². The van der Waals surface area contributed by atoms with Crippen LogP contribution in [0.25, 0.3) is 0 Å². The Balaban J connectivity index is 1.92. The summed E-state index contributed by atoms with van der Waals surface area (Å²) in [6, 6.07) is 6.52. The quantitative estimate of drug-likeness (QED) is 0.878. The summed E-state index contributed by atoms with van der Waals surface area (Å²) in [5.74, 6) is 0.643. The zero-order valence-corrected chi connectivity index (χ0v) is 11.4. The molecule has 1 amide bonds. The summed E-state index contributed by atoms with van der Waals surface area (Å²) in [5.41, 5.74) is 2.72. The molecule has 0 bridgehead atoms. The number of thioether (sulfide) groups is 1. The molecule has 1 saturated carbocycles. The van der Waals surface area contributed by atoms with Crippen molar-refractivity contribution < 1.29 is 4.79 Å². The molecule has 0 unspecified atom stereocenters. The van der Waals surface area contributed by atoms with E-state index in [0.717, 1.165) is 12.2 Å². The lowest BCUT2D eigenvalue weighted by atomic mass is 9.64. The first-order valence-corrected chi connectivity index (χ1v) is 7.44. The van der Waals surface area contributed by atoms with Gasteiger partial charge < -0.3 is 10.6 Å². The third kappa shape index (κ3) is 1.93. The average Bonchev–Trinajstić information content (AvgIpc) is 2.33. The number of nitrogens with one attached hydrogen (secondary N) is 2. The van der Waals surface area contributed by atoms with Crippen molar-refractivity contribution in [1.29, 1.82) is 0 Å². The van der Waals surface area contributed by atoms with Gasteiger partial charge in [0.1, 0.15) is 0 Å². The number of rotatable bonds is 3. The molecule has 18 heavy (non-hydrogen) atoms. The molecule has 0 aromatic heterocycles. The Morgan fingerprint density at radius 3 is 2.94 bits per heavy atom.